The molecule has 0 aliphatic carbocycles. The van der Waals surface area contributed by atoms with Crippen LogP contribution >= 0.6 is 12.2 Å². The van der Waals surface area contributed by atoms with Crippen molar-refractivity contribution in [2.75, 3.05) is 18.4 Å². The predicted molar refractivity (Wildman–Crippen MR) is 78.7 cm³/mol. The van der Waals surface area contributed by atoms with Crippen molar-refractivity contribution in [1.29, 1.82) is 0 Å². The third-order valence-electron chi connectivity index (χ3n) is 2.43. The van der Waals surface area contributed by atoms with Gasteiger partial charge in [0.1, 0.15) is 0 Å². The molecule has 0 aliphatic rings. The summed E-state index contributed by atoms with van der Waals surface area (Å²) in [5.41, 5.74) is 2.25. The first-order chi connectivity index (χ1) is 8.63. The summed E-state index contributed by atoms with van der Waals surface area (Å²) in [5, 5.41) is 9.47. The zero-order valence-corrected chi connectivity index (χ0v) is 11.6. The topological polar surface area (TPSA) is 53.2 Å². The average Bonchev–Trinajstić information content (AvgIpc) is 2.35. The standard InChI is InChI=1S/C13H19N3OS/c1-3-11-6-4-5-7-12(11)16-13(18)15-9-8-14-10(2)17/h4-7H,3,8-9H2,1-2H3,(H,14,17)(H2,15,16,18). The Morgan fingerprint density at radius 1 is 1.22 bits per heavy atom. The zero-order valence-electron chi connectivity index (χ0n) is 10.7. The number of anilines is 1. The van der Waals surface area contributed by atoms with Crippen molar-refractivity contribution >= 4 is 28.9 Å². The second kappa shape index (κ2) is 7.66. The number of thiocarbonyl (C=S) groups is 1. The van der Waals surface area contributed by atoms with Gasteiger partial charge in [0.2, 0.25) is 5.91 Å². The van der Waals surface area contributed by atoms with Gasteiger partial charge < -0.3 is 16.0 Å². The highest BCUT2D eigenvalue weighted by atomic mass is 32.1. The number of hydrogen-bond acceptors (Lipinski definition) is 2. The van der Waals surface area contributed by atoms with Gasteiger partial charge in [0.05, 0.1) is 0 Å². The van der Waals surface area contributed by atoms with Crippen molar-refractivity contribution in [3.63, 3.8) is 0 Å². The molecule has 0 bridgehead atoms. The molecule has 4 nitrogen and oxygen atoms in total. The number of carbonyl (C=O) groups excluding carboxylic acids is 1. The van der Waals surface area contributed by atoms with E-state index in [4.69, 9.17) is 12.2 Å². The Morgan fingerprint density at radius 3 is 2.56 bits per heavy atom. The van der Waals surface area contributed by atoms with Gasteiger partial charge in [0, 0.05) is 25.7 Å². The molecule has 0 radical (unpaired) electrons. The molecule has 0 saturated carbocycles. The van der Waals surface area contributed by atoms with Crippen LogP contribution in [-0.4, -0.2) is 24.1 Å². The lowest BCUT2D eigenvalue weighted by molar-refractivity contribution is -0.118. The van der Waals surface area contributed by atoms with E-state index in [1.165, 1.54) is 12.5 Å². The van der Waals surface area contributed by atoms with Crippen LogP contribution in [0.2, 0.25) is 0 Å². The van der Waals surface area contributed by atoms with Gasteiger partial charge in [0.25, 0.3) is 0 Å². The van der Waals surface area contributed by atoms with Crippen LogP contribution in [0.15, 0.2) is 24.3 Å². The predicted octanol–water partition coefficient (Wildman–Crippen LogP) is 1.67. The molecule has 0 heterocycles. The monoisotopic (exact) mass is 265 g/mol. The first-order valence-corrected chi connectivity index (χ1v) is 6.41. The lowest BCUT2D eigenvalue weighted by atomic mass is 10.1. The molecule has 0 unspecified atom stereocenters. The van der Waals surface area contributed by atoms with E-state index in [9.17, 15) is 4.79 Å². The number of hydrogen-bond donors (Lipinski definition) is 3. The lowest BCUT2D eigenvalue weighted by Gasteiger charge is -2.13. The van der Waals surface area contributed by atoms with Crippen LogP contribution in [0.5, 0.6) is 0 Å². The van der Waals surface area contributed by atoms with Crippen molar-refractivity contribution in [2.24, 2.45) is 0 Å². The first-order valence-electron chi connectivity index (χ1n) is 6.00. The molecule has 1 amide bonds. The summed E-state index contributed by atoms with van der Waals surface area (Å²) in [4.78, 5) is 10.7. The summed E-state index contributed by atoms with van der Waals surface area (Å²) >= 11 is 5.19. The number of carbonyl (C=O) groups is 1. The summed E-state index contributed by atoms with van der Waals surface area (Å²) < 4.78 is 0. The minimum absolute atomic E-state index is 0.0352. The number of nitrogens with one attached hydrogen (secondary N) is 3. The van der Waals surface area contributed by atoms with E-state index in [1.54, 1.807) is 0 Å². The van der Waals surface area contributed by atoms with Crippen LogP contribution in [0.4, 0.5) is 5.69 Å². The second-order valence-electron chi connectivity index (χ2n) is 3.87. The Hall–Kier alpha value is -1.62. The summed E-state index contributed by atoms with van der Waals surface area (Å²) in [5.74, 6) is -0.0352. The maximum atomic E-state index is 10.7. The second-order valence-corrected chi connectivity index (χ2v) is 4.28. The van der Waals surface area contributed by atoms with Crippen LogP contribution in [0.1, 0.15) is 19.4 Å². The summed E-state index contributed by atoms with van der Waals surface area (Å²) in [6.45, 7) is 4.77. The largest absolute Gasteiger partial charge is 0.361 e. The summed E-state index contributed by atoms with van der Waals surface area (Å²) in [7, 11) is 0. The van der Waals surface area contributed by atoms with Crippen molar-refractivity contribution < 1.29 is 4.79 Å². The number of rotatable bonds is 5. The number of amides is 1. The van der Waals surface area contributed by atoms with Gasteiger partial charge in [-0.25, -0.2) is 0 Å². The van der Waals surface area contributed by atoms with Crippen LogP contribution in [0, 0.1) is 0 Å². The fourth-order valence-electron chi connectivity index (χ4n) is 1.53. The number of benzene rings is 1. The number of aryl methyl sites for hydroxylation is 1. The average molecular weight is 265 g/mol. The molecular weight excluding hydrogens is 246 g/mol. The fraction of sp³-hybridized carbons (Fsp3) is 0.385. The van der Waals surface area contributed by atoms with Gasteiger partial charge in [-0.1, -0.05) is 25.1 Å². The molecule has 98 valence electrons. The van der Waals surface area contributed by atoms with Gasteiger partial charge in [-0.3, -0.25) is 4.79 Å². The lowest BCUT2D eigenvalue weighted by Crippen LogP contribution is -2.36. The molecule has 0 saturated heterocycles. The normalized spacial score (nSPS) is 9.67. The third kappa shape index (κ3) is 5.14. The van der Waals surface area contributed by atoms with Crippen LogP contribution < -0.4 is 16.0 Å². The van der Waals surface area contributed by atoms with Gasteiger partial charge >= 0.3 is 0 Å². The molecule has 1 aromatic carbocycles. The maximum absolute atomic E-state index is 10.7. The maximum Gasteiger partial charge on any atom is 0.216 e. The Labute approximate surface area is 113 Å². The zero-order chi connectivity index (χ0) is 13.4. The third-order valence-corrected chi connectivity index (χ3v) is 2.68. The highest BCUT2D eigenvalue weighted by Gasteiger charge is 2.01. The molecule has 0 spiro atoms. The Morgan fingerprint density at radius 2 is 1.89 bits per heavy atom. The molecular formula is C13H19N3OS. The Kier molecular flexibility index (Phi) is 6.14. The van der Waals surface area contributed by atoms with E-state index in [0.29, 0.717) is 18.2 Å². The SMILES string of the molecule is CCc1ccccc1NC(=S)NCCNC(C)=O. The van der Waals surface area contributed by atoms with E-state index in [2.05, 4.69) is 28.9 Å². The van der Waals surface area contributed by atoms with Crippen molar-refractivity contribution in [3.05, 3.63) is 29.8 Å². The van der Waals surface area contributed by atoms with Crippen molar-refractivity contribution in [2.45, 2.75) is 20.3 Å². The van der Waals surface area contributed by atoms with Gasteiger partial charge in [-0.05, 0) is 30.3 Å². The summed E-state index contributed by atoms with van der Waals surface area (Å²) in [6.07, 6.45) is 0.956. The fourth-order valence-corrected chi connectivity index (χ4v) is 1.74. The molecule has 1 rings (SSSR count). The highest BCUT2D eigenvalue weighted by Crippen LogP contribution is 2.14. The van der Waals surface area contributed by atoms with E-state index in [-0.39, 0.29) is 5.91 Å². The molecule has 18 heavy (non-hydrogen) atoms. The van der Waals surface area contributed by atoms with E-state index < -0.39 is 0 Å². The van der Waals surface area contributed by atoms with Crippen LogP contribution in [-0.2, 0) is 11.2 Å². The molecule has 1 aromatic rings. The van der Waals surface area contributed by atoms with E-state index >= 15 is 0 Å². The molecule has 0 aromatic heterocycles. The van der Waals surface area contributed by atoms with E-state index in [0.717, 1.165) is 12.1 Å². The van der Waals surface area contributed by atoms with Crippen molar-refractivity contribution in [3.8, 4) is 0 Å². The Bertz CT molecular complexity index is 420. The minimum atomic E-state index is -0.0352. The molecule has 3 N–H and O–H groups in total. The van der Waals surface area contributed by atoms with Gasteiger partial charge in [-0.15, -0.1) is 0 Å². The molecule has 0 fully saturated rings. The highest BCUT2D eigenvalue weighted by molar-refractivity contribution is 7.80. The number of para-hydroxylation sites is 1. The molecule has 5 heteroatoms. The van der Waals surface area contributed by atoms with Crippen molar-refractivity contribution in [1.82, 2.24) is 10.6 Å². The van der Waals surface area contributed by atoms with Crippen LogP contribution in [0.25, 0.3) is 0 Å². The smallest absolute Gasteiger partial charge is 0.216 e. The minimum Gasteiger partial charge on any atom is -0.361 e. The first kappa shape index (κ1) is 14.4. The van der Waals surface area contributed by atoms with Gasteiger partial charge in [0.15, 0.2) is 5.11 Å². The molecule has 0 atom stereocenters. The Balaban J connectivity index is 2.37. The summed E-state index contributed by atoms with van der Waals surface area (Å²) in [6, 6.07) is 8.06. The molecule has 0 aliphatic heterocycles. The van der Waals surface area contributed by atoms with E-state index in [1.807, 2.05) is 18.2 Å². The van der Waals surface area contributed by atoms with Crippen LogP contribution in [0.3, 0.4) is 0 Å². The van der Waals surface area contributed by atoms with Gasteiger partial charge in [-0.2, -0.15) is 0 Å². The quantitative estimate of drug-likeness (QED) is 0.560.